The molecule has 2 fully saturated rings. The Morgan fingerprint density at radius 1 is 1.35 bits per heavy atom. The third-order valence-electron chi connectivity index (χ3n) is 4.65. The second-order valence-corrected chi connectivity index (χ2v) is 5.87. The normalized spacial score (nSPS) is 27.1. The van der Waals surface area contributed by atoms with Crippen molar-refractivity contribution in [2.45, 2.75) is 51.0 Å². The Bertz CT molecular complexity index is 348. The van der Waals surface area contributed by atoms with Crippen LogP contribution < -0.4 is 11.1 Å². The molecule has 1 unspecified atom stereocenters. The Morgan fingerprint density at radius 3 is 2.45 bits per heavy atom. The predicted octanol–water partition coefficient (Wildman–Crippen LogP) is 1.05. The van der Waals surface area contributed by atoms with Crippen molar-refractivity contribution in [3.63, 3.8) is 0 Å². The zero-order valence-electron chi connectivity index (χ0n) is 12.2. The van der Waals surface area contributed by atoms with E-state index in [0.717, 1.165) is 51.7 Å². The van der Waals surface area contributed by atoms with Crippen molar-refractivity contribution in [1.82, 2.24) is 10.2 Å². The van der Waals surface area contributed by atoms with E-state index in [1.807, 2.05) is 4.90 Å². The molecule has 0 radical (unpaired) electrons. The van der Waals surface area contributed by atoms with E-state index in [4.69, 9.17) is 5.73 Å². The fourth-order valence-corrected chi connectivity index (χ4v) is 3.37. The lowest BCUT2D eigenvalue weighted by molar-refractivity contribution is -0.139. The van der Waals surface area contributed by atoms with E-state index in [1.54, 1.807) is 0 Å². The molecule has 2 aliphatic heterocycles. The molecule has 0 saturated carbocycles. The molecule has 5 nitrogen and oxygen atoms in total. The first-order valence-electron chi connectivity index (χ1n) is 7.40. The summed E-state index contributed by atoms with van der Waals surface area (Å²) in [5.74, 6) is 0.382. The minimum Gasteiger partial charge on any atom is -0.370 e. The third kappa shape index (κ3) is 3.64. The number of hydrogen-bond acceptors (Lipinski definition) is 3. The fourth-order valence-electron chi connectivity index (χ4n) is 3.37. The van der Waals surface area contributed by atoms with Gasteiger partial charge in [-0.25, -0.2) is 0 Å². The molecule has 2 saturated heterocycles. The molecule has 3 N–H and O–H groups in total. The average Bonchev–Trinajstić information content (AvgIpc) is 2.88. The summed E-state index contributed by atoms with van der Waals surface area (Å²) in [6, 6.07) is 0. The molecule has 1 atom stereocenters. The van der Waals surface area contributed by atoms with E-state index in [0.29, 0.717) is 12.3 Å². The van der Waals surface area contributed by atoms with Crippen molar-refractivity contribution in [3.8, 4) is 0 Å². The van der Waals surface area contributed by atoms with E-state index < -0.39 is 0 Å². The van der Waals surface area contributed by atoms with Crippen molar-refractivity contribution in [2.24, 2.45) is 11.7 Å². The average molecular weight is 304 g/mol. The van der Waals surface area contributed by atoms with Gasteiger partial charge in [0, 0.05) is 19.5 Å². The predicted molar refractivity (Wildman–Crippen MR) is 80.6 cm³/mol. The van der Waals surface area contributed by atoms with Gasteiger partial charge in [0.1, 0.15) is 0 Å². The van der Waals surface area contributed by atoms with Crippen LogP contribution in [0.15, 0.2) is 0 Å². The minimum absolute atomic E-state index is 0. The smallest absolute Gasteiger partial charge is 0.242 e. The maximum atomic E-state index is 12.7. The van der Waals surface area contributed by atoms with Crippen LogP contribution in [0.25, 0.3) is 0 Å². The molecule has 20 heavy (non-hydrogen) atoms. The van der Waals surface area contributed by atoms with Gasteiger partial charge in [0.05, 0.1) is 5.54 Å². The second-order valence-electron chi connectivity index (χ2n) is 5.87. The lowest BCUT2D eigenvalue weighted by Gasteiger charge is -2.38. The number of nitrogens with zero attached hydrogens (tertiary/aromatic N) is 1. The van der Waals surface area contributed by atoms with Crippen LogP contribution in [0.4, 0.5) is 0 Å². The quantitative estimate of drug-likeness (QED) is 0.815. The number of hydrogen-bond donors (Lipinski definition) is 2. The molecule has 0 aromatic heterocycles. The van der Waals surface area contributed by atoms with Crippen molar-refractivity contribution in [1.29, 1.82) is 0 Å². The van der Waals surface area contributed by atoms with Crippen LogP contribution in [-0.4, -0.2) is 41.9 Å². The van der Waals surface area contributed by atoms with Gasteiger partial charge < -0.3 is 16.0 Å². The van der Waals surface area contributed by atoms with Gasteiger partial charge in [-0.05, 0) is 44.6 Å². The van der Waals surface area contributed by atoms with Gasteiger partial charge in [0.15, 0.2) is 0 Å². The highest BCUT2D eigenvalue weighted by atomic mass is 35.5. The molecular formula is C14H26ClN3O2. The van der Waals surface area contributed by atoms with Crippen LogP contribution in [0, 0.1) is 5.92 Å². The molecule has 116 valence electrons. The first kappa shape index (κ1) is 17.2. The van der Waals surface area contributed by atoms with Crippen LogP contribution in [0.2, 0.25) is 0 Å². The summed E-state index contributed by atoms with van der Waals surface area (Å²) in [7, 11) is 0. The number of nitrogens with one attached hydrogen (secondary N) is 1. The maximum absolute atomic E-state index is 12.7. The molecule has 0 bridgehead atoms. The number of rotatable bonds is 4. The van der Waals surface area contributed by atoms with Gasteiger partial charge >= 0.3 is 0 Å². The number of likely N-dealkylation sites (tertiary alicyclic amines) is 1. The Hall–Kier alpha value is -0.810. The molecule has 0 aromatic rings. The number of nitrogens with two attached hydrogens (primary N) is 1. The van der Waals surface area contributed by atoms with E-state index in [9.17, 15) is 9.59 Å². The zero-order valence-corrected chi connectivity index (χ0v) is 13.0. The Balaban J connectivity index is 0.00000200. The highest BCUT2D eigenvalue weighted by Crippen LogP contribution is 2.28. The number of halogens is 1. The monoisotopic (exact) mass is 303 g/mol. The third-order valence-corrected chi connectivity index (χ3v) is 4.65. The van der Waals surface area contributed by atoms with Crippen molar-refractivity contribution in [2.75, 3.05) is 19.6 Å². The summed E-state index contributed by atoms with van der Waals surface area (Å²) in [4.78, 5) is 25.5. The number of amides is 2. The van der Waals surface area contributed by atoms with E-state index in [2.05, 4.69) is 12.2 Å². The van der Waals surface area contributed by atoms with Gasteiger partial charge in [0.25, 0.3) is 0 Å². The standard InChI is InChI=1S/C14H25N3O2.ClH/c1-2-14(6-3-7-16-14)13(19)17-8-4-11(5-9-17)10-12(15)18;/h11,16H,2-10H2,1H3,(H2,15,18);1H. The number of primary amides is 1. The lowest BCUT2D eigenvalue weighted by atomic mass is 9.89. The first-order valence-corrected chi connectivity index (χ1v) is 7.40. The van der Waals surface area contributed by atoms with Crippen molar-refractivity contribution >= 4 is 24.2 Å². The second kappa shape index (κ2) is 7.27. The van der Waals surface area contributed by atoms with Crippen molar-refractivity contribution < 1.29 is 9.59 Å². The number of piperidine rings is 1. The Labute approximate surface area is 127 Å². The van der Waals surface area contributed by atoms with Gasteiger partial charge in [0.2, 0.25) is 11.8 Å². The molecule has 0 aromatic carbocycles. The summed E-state index contributed by atoms with van der Waals surface area (Å²) < 4.78 is 0. The summed E-state index contributed by atoms with van der Waals surface area (Å²) in [5, 5.41) is 3.39. The molecular weight excluding hydrogens is 278 g/mol. The SMILES string of the molecule is CCC1(C(=O)N2CCC(CC(N)=O)CC2)CCCN1.Cl. The molecule has 2 rings (SSSR count). The fraction of sp³-hybridized carbons (Fsp3) is 0.857. The Morgan fingerprint density at radius 2 is 2.00 bits per heavy atom. The van der Waals surface area contributed by atoms with Gasteiger partial charge in [-0.1, -0.05) is 6.92 Å². The highest BCUT2D eigenvalue weighted by Gasteiger charge is 2.42. The summed E-state index contributed by atoms with van der Waals surface area (Å²) in [6.07, 6.45) is 5.14. The number of carbonyl (C=O) groups is 2. The maximum Gasteiger partial charge on any atom is 0.242 e. The minimum atomic E-state index is -0.323. The van der Waals surface area contributed by atoms with Gasteiger partial charge in [-0.15, -0.1) is 12.4 Å². The summed E-state index contributed by atoms with van der Waals surface area (Å²) >= 11 is 0. The molecule has 0 aliphatic carbocycles. The molecule has 6 heteroatoms. The first-order chi connectivity index (χ1) is 9.07. The van der Waals surface area contributed by atoms with Crippen LogP contribution in [0.1, 0.15) is 45.4 Å². The van der Waals surface area contributed by atoms with E-state index in [-0.39, 0.29) is 29.8 Å². The van der Waals surface area contributed by atoms with Crippen molar-refractivity contribution in [3.05, 3.63) is 0 Å². The largest absolute Gasteiger partial charge is 0.370 e. The van der Waals surface area contributed by atoms with Crippen LogP contribution >= 0.6 is 12.4 Å². The molecule has 0 spiro atoms. The van der Waals surface area contributed by atoms with Gasteiger partial charge in [-0.3, -0.25) is 9.59 Å². The Kier molecular flexibility index (Phi) is 6.27. The molecule has 2 aliphatic rings. The van der Waals surface area contributed by atoms with E-state index >= 15 is 0 Å². The van der Waals surface area contributed by atoms with Gasteiger partial charge in [-0.2, -0.15) is 0 Å². The number of carbonyl (C=O) groups excluding carboxylic acids is 2. The topological polar surface area (TPSA) is 75.4 Å². The van der Waals surface area contributed by atoms with Crippen LogP contribution in [0.3, 0.4) is 0 Å². The van der Waals surface area contributed by atoms with Crippen LogP contribution in [-0.2, 0) is 9.59 Å². The molecule has 2 heterocycles. The summed E-state index contributed by atoms with van der Waals surface area (Å²) in [5.41, 5.74) is 4.91. The van der Waals surface area contributed by atoms with E-state index in [1.165, 1.54) is 0 Å². The zero-order chi connectivity index (χ0) is 13.9. The lowest BCUT2D eigenvalue weighted by Crippen LogP contribution is -2.56. The highest BCUT2D eigenvalue weighted by molar-refractivity contribution is 5.87. The molecule has 2 amide bonds. The van der Waals surface area contributed by atoms with Crippen LogP contribution in [0.5, 0.6) is 0 Å². The summed E-state index contributed by atoms with van der Waals surface area (Å²) in [6.45, 7) is 4.55.